The molecule has 0 aromatic carbocycles. The molecule has 0 fully saturated rings. The molecule has 0 saturated carbocycles. The number of nitrogens with zero attached hydrogens (tertiary/aromatic N) is 1. The van der Waals surface area contributed by atoms with E-state index in [0.717, 1.165) is 16.5 Å². The number of pyridine rings is 1. The summed E-state index contributed by atoms with van der Waals surface area (Å²) in [7, 11) is 1.94. The third-order valence-electron chi connectivity index (χ3n) is 2.99. The fourth-order valence-electron chi connectivity index (χ4n) is 2.17. The highest BCUT2D eigenvalue weighted by Crippen LogP contribution is 2.35. The van der Waals surface area contributed by atoms with Gasteiger partial charge in [-0.1, -0.05) is 22.6 Å². The number of hydrogen-bond acceptors (Lipinski definition) is 2. The number of H-pyrrole nitrogens is 1. The molecule has 1 aliphatic carbocycles. The Balaban J connectivity index is 2.54. The van der Waals surface area contributed by atoms with Gasteiger partial charge in [-0.05, 0) is 0 Å². The maximum absolute atomic E-state index is 11.9. The summed E-state index contributed by atoms with van der Waals surface area (Å²) in [4.78, 5) is 14.9. The smallest absolute Gasteiger partial charge is 0.225 e. The molecular weight excluding hydrogens is 317 g/mol. The second-order valence-corrected chi connectivity index (χ2v) is 5.16. The highest BCUT2D eigenvalue weighted by molar-refractivity contribution is 14.1. The van der Waals surface area contributed by atoms with Gasteiger partial charge in [-0.3, -0.25) is 10.2 Å². The van der Waals surface area contributed by atoms with Gasteiger partial charge in [0.05, 0.1) is 5.39 Å². The number of aromatic nitrogens is 2. The molecule has 0 radical (unpaired) electrons. The number of Topliss-reactive ketones (excluding diaryl/α,β-unsaturated/α-hetero) is 1. The maximum Gasteiger partial charge on any atom is 0.225 e. The molecule has 0 bridgehead atoms. The van der Waals surface area contributed by atoms with Crippen molar-refractivity contribution in [3.8, 4) is 0 Å². The van der Waals surface area contributed by atoms with Crippen LogP contribution in [0.1, 0.15) is 20.1 Å². The summed E-state index contributed by atoms with van der Waals surface area (Å²) in [5.41, 5.74) is 1.73. The molecule has 4 nitrogen and oxygen atoms in total. The van der Waals surface area contributed by atoms with Crippen LogP contribution in [-0.4, -0.2) is 16.5 Å². The van der Waals surface area contributed by atoms with Crippen LogP contribution >= 0.6 is 22.6 Å². The molecule has 0 spiro atoms. The highest BCUT2D eigenvalue weighted by atomic mass is 127. The Bertz CT molecular complexity index is 644. The van der Waals surface area contributed by atoms with Gasteiger partial charge in [0.15, 0.2) is 6.20 Å². The predicted molar refractivity (Wildman–Crippen MR) is 68.3 cm³/mol. The molecule has 1 unspecified atom stereocenters. The quantitative estimate of drug-likeness (QED) is 0.432. The highest BCUT2D eigenvalue weighted by Gasteiger charge is 2.37. The zero-order chi connectivity index (χ0) is 11.4. The maximum atomic E-state index is 11.9. The van der Waals surface area contributed by atoms with Crippen molar-refractivity contribution in [1.29, 1.82) is 5.41 Å². The summed E-state index contributed by atoms with van der Waals surface area (Å²) in [6.07, 6.45) is 3.79. The average molecular weight is 326 g/mol. The molecule has 80 valence electrons. The summed E-state index contributed by atoms with van der Waals surface area (Å²) >= 11 is 2.15. The summed E-state index contributed by atoms with van der Waals surface area (Å²) in [6.45, 7) is 0. The molecule has 2 aromatic heterocycles. The first-order chi connectivity index (χ1) is 7.61. The predicted octanol–water partition coefficient (Wildman–Crippen LogP) is 1.68. The van der Waals surface area contributed by atoms with E-state index < -0.39 is 0 Å². The Morgan fingerprint density at radius 1 is 1.56 bits per heavy atom. The van der Waals surface area contributed by atoms with Crippen molar-refractivity contribution in [1.82, 2.24) is 4.98 Å². The van der Waals surface area contributed by atoms with E-state index in [4.69, 9.17) is 5.41 Å². The van der Waals surface area contributed by atoms with Crippen molar-refractivity contribution in [2.75, 3.05) is 0 Å². The molecular formula is C11H9IN3O+. The number of halogens is 1. The Morgan fingerprint density at radius 2 is 2.31 bits per heavy atom. The zero-order valence-electron chi connectivity index (χ0n) is 8.54. The summed E-state index contributed by atoms with van der Waals surface area (Å²) in [6, 6.07) is 1.98. The van der Waals surface area contributed by atoms with Gasteiger partial charge in [0.25, 0.3) is 0 Å². The van der Waals surface area contributed by atoms with Crippen LogP contribution in [0.4, 0.5) is 0 Å². The van der Waals surface area contributed by atoms with Crippen molar-refractivity contribution in [2.24, 2.45) is 7.05 Å². The van der Waals surface area contributed by atoms with Crippen molar-refractivity contribution in [2.45, 2.75) is 3.92 Å². The van der Waals surface area contributed by atoms with Crippen LogP contribution in [0, 0.1) is 5.41 Å². The summed E-state index contributed by atoms with van der Waals surface area (Å²) < 4.78 is 1.82. The fraction of sp³-hybridized carbons (Fsp3) is 0.182. The minimum atomic E-state index is -0.187. The first-order valence-corrected chi connectivity index (χ1v) is 6.12. The van der Waals surface area contributed by atoms with E-state index in [1.54, 1.807) is 0 Å². The molecule has 5 heteroatoms. The molecule has 1 atom stereocenters. The Kier molecular flexibility index (Phi) is 1.95. The molecule has 2 heterocycles. The molecule has 0 aliphatic heterocycles. The molecule has 2 aromatic rings. The zero-order valence-corrected chi connectivity index (χ0v) is 10.7. The number of aromatic amines is 1. The van der Waals surface area contributed by atoms with Crippen molar-refractivity contribution in [3.63, 3.8) is 0 Å². The summed E-state index contributed by atoms with van der Waals surface area (Å²) in [5.74, 6) is -0.187. The number of carbonyl (C=O) groups excluding carboxylic acids is 1. The Hall–Kier alpha value is -1.24. The number of nitrogens with one attached hydrogen (secondary N) is 2. The number of aryl methyl sites for hydroxylation is 1. The first kappa shape index (κ1) is 9.95. The molecule has 1 aliphatic rings. The van der Waals surface area contributed by atoms with Gasteiger partial charge in [0, 0.05) is 17.6 Å². The Morgan fingerprint density at radius 3 is 3.06 bits per heavy atom. The topological polar surface area (TPSA) is 60.6 Å². The number of hydrogen-bond donors (Lipinski definition) is 2. The van der Waals surface area contributed by atoms with Gasteiger partial charge in [-0.25, -0.2) is 4.57 Å². The minimum absolute atomic E-state index is 0.152. The van der Waals surface area contributed by atoms with Gasteiger partial charge < -0.3 is 4.98 Å². The van der Waals surface area contributed by atoms with E-state index in [0.29, 0.717) is 5.69 Å². The number of carbonyl (C=O) groups is 1. The monoisotopic (exact) mass is 326 g/mol. The van der Waals surface area contributed by atoms with E-state index in [1.807, 2.05) is 30.1 Å². The molecule has 0 amide bonds. The Labute approximate surface area is 105 Å². The molecule has 2 N–H and O–H groups in total. The van der Waals surface area contributed by atoms with Crippen LogP contribution in [0.25, 0.3) is 10.8 Å². The van der Waals surface area contributed by atoms with Gasteiger partial charge in [-0.15, -0.1) is 0 Å². The fourth-order valence-corrected chi connectivity index (χ4v) is 3.20. The number of alkyl halides is 1. The van der Waals surface area contributed by atoms with Crippen LogP contribution in [-0.2, 0) is 7.05 Å². The van der Waals surface area contributed by atoms with Gasteiger partial charge >= 0.3 is 0 Å². The van der Waals surface area contributed by atoms with Crippen LogP contribution in [0.3, 0.4) is 0 Å². The van der Waals surface area contributed by atoms with Gasteiger partial charge in [-0.2, -0.15) is 0 Å². The van der Waals surface area contributed by atoms with Crippen LogP contribution in [0.2, 0.25) is 0 Å². The van der Waals surface area contributed by atoms with Gasteiger partial charge in [0.1, 0.15) is 22.4 Å². The van der Waals surface area contributed by atoms with Crippen LogP contribution in [0.15, 0.2) is 18.5 Å². The number of ketones is 1. The molecule has 0 saturated heterocycles. The largest absolute Gasteiger partial charge is 0.357 e. The van der Waals surface area contributed by atoms with Crippen LogP contribution < -0.4 is 4.57 Å². The van der Waals surface area contributed by atoms with Crippen molar-refractivity contribution in [3.05, 3.63) is 29.8 Å². The molecule has 16 heavy (non-hydrogen) atoms. The van der Waals surface area contributed by atoms with Crippen LogP contribution in [0.5, 0.6) is 0 Å². The first-order valence-electron chi connectivity index (χ1n) is 4.88. The lowest BCUT2D eigenvalue weighted by Crippen LogP contribution is -2.39. The summed E-state index contributed by atoms with van der Waals surface area (Å²) in [5, 5.41) is 9.84. The van der Waals surface area contributed by atoms with E-state index in [9.17, 15) is 4.79 Å². The average Bonchev–Trinajstić information content (AvgIpc) is 2.68. The van der Waals surface area contributed by atoms with E-state index >= 15 is 0 Å². The van der Waals surface area contributed by atoms with E-state index in [-0.39, 0.29) is 15.4 Å². The lowest BCUT2D eigenvalue weighted by molar-refractivity contribution is -0.676. The van der Waals surface area contributed by atoms with Crippen molar-refractivity contribution < 1.29 is 9.36 Å². The lowest BCUT2D eigenvalue weighted by Gasteiger charge is -2.15. The second kappa shape index (κ2) is 3.13. The lowest BCUT2D eigenvalue weighted by atomic mass is 9.95. The van der Waals surface area contributed by atoms with E-state index in [1.165, 1.54) is 0 Å². The SMILES string of the molecule is C[n+]1ccc2c[nH]c3c2c1C(I)C(=N)C3=O. The molecule has 3 rings (SSSR count). The van der Waals surface area contributed by atoms with Gasteiger partial charge in [0.2, 0.25) is 11.5 Å². The van der Waals surface area contributed by atoms with E-state index in [2.05, 4.69) is 27.6 Å². The van der Waals surface area contributed by atoms with Crippen molar-refractivity contribution >= 4 is 44.9 Å². The minimum Gasteiger partial charge on any atom is -0.357 e. The standard InChI is InChI=1S/C11H8IN3O/c1-15-3-2-5-4-14-9-6(5)10(15)7(12)8(13)11(9)16/h2-4,7,13H,1H3/p+1. The second-order valence-electron chi connectivity index (χ2n) is 3.91. The normalized spacial score (nSPS) is 19.5. The third kappa shape index (κ3) is 1.06. The third-order valence-corrected chi connectivity index (χ3v) is 4.20. The number of rotatable bonds is 0.